The van der Waals surface area contributed by atoms with Crippen molar-refractivity contribution in [3.63, 3.8) is 0 Å². The third-order valence-corrected chi connectivity index (χ3v) is 4.91. The van der Waals surface area contributed by atoms with E-state index in [1.165, 1.54) is 17.4 Å². The normalized spacial score (nSPS) is 15.7. The van der Waals surface area contributed by atoms with E-state index in [0.29, 0.717) is 11.4 Å². The third kappa shape index (κ3) is 5.57. The second-order valence-corrected chi connectivity index (χ2v) is 7.20. The molecule has 2 amide bonds. The largest absolute Gasteiger partial charge is 0.481 e. The molecule has 1 aliphatic rings. The quantitative estimate of drug-likeness (QED) is 0.793. The SMILES string of the molecule is CC(=O)Nc1ccc(O[C@H](C)C(=O)N2CC[NH+](Cc3ccccc3)CC2)cc1. The van der Waals surface area contributed by atoms with Crippen molar-refractivity contribution < 1.29 is 19.2 Å². The smallest absolute Gasteiger partial charge is 0.263 e. The number of carbonyl (C=O) groups excluding carboxylic acids is 2. The molecule has 0 radical (unpaired) electrons. The molecule has 0 unspecified atom stereocenters. The predicted molar refractivity (Wildman–Crippen MR) is 108 cm³/mol. The maximum absolute atomic E-state index is 12.7. The first-order chi connectivity index (χ1) is 13.5. The van der Waals surface area contributed by atoms with E-state index in [9.17, 15) is 9.59 Å². The van der Waals surface area contributed by atoms with E-state index in [4.69, 9.17) is 4.74 Å². The fourth-order valence-corrected chi connectivity index (χ4v) is 3.44. The number of ether oxygens (including phenoxy) is 1. The van der Waals surface area contributed by atoms with Crippen molar-refractivity contribution in [1.29, 1.82) is 0 Å². The molecule has 148 valence electrons. The number of piperazine rings is 1. The summed E-state index contributed by atoms with van der Waals surface area (Å²) in [6.45, 7) is 7.62. The van der Waals surface area contributed by atoms with Crippen molar-refractivity contribution in [3.05, 3.63) is 60.2 Å². The number of quaternary nitrogens is 1. The molecular formula is C22H28N3O3+. The number of rotatable bonds is 6. The Hall–Kier alpha value is -2.86. The fourth-order valence-electron chi connectivity index (χ4n) is 3.44. The Morgan fingerprint density at radius 2 is 1.71 bits per heavy atom. The van der Waals surface area contributed by atoms with Crippen molar-refractivity contribution in [3.8, 4) is 5.75 Å². The molecule has 28 heavy (non-hydrogen) atoms. The van der Waals surface area contributed by atoms with Crippen LogP contribution in [0.2, 0.25) is 0 Å². The van der Waals surface area contributed by atoms with Crippen LogP contribution in [-0.4, -0.2) is 49.0 Å². The zero-order valence-corrected chi connectivity index (χ0v) is 16.5. The van der Waals surface area contributed by atoms with Crippen LogP contribution in [0.15, 0.2) is 54.6 Å². The molecule has 1 fully saturated rings. The summed E-state index contributed by atoms with van der Waals surface area (Å²) in [7, 11) is 0. The van der Waals surface area contributed by atoms with Gasteiger partial charge < -0.3 is 19.9 Å². The molecule has 1 heterocycles. The van der Waals surface area contributed by atoms with E-state index in [1.54, 1.807) is 31.2 Å². The summed E-state index contributed by atoms with van der Waals surface area (Å²) < 4.78 is 5.80. The summed E-state index contributed by atoms with van der Waals surface area (Å²) in [6.07, 6.45) is -0.540. The Morgan fingerprint density at radius 1 is 1.07 bits per heavy atom. The van der Waals surface area contributed by atoms with Crippen molar-refractivity contribution in [2.45, 2.75) is 26.5 Å². The van der Waals surface area contributed by atoms with Crippen LogP contribution in [-0.2, 0) is 16.1 Å². The van der Waals surface area contributed by atoms with E-state index < -0.39 is 6.10 Å². The molecule has 1 aliphatic heterocycles. The topological polar surface area (TPSA) is 63.1 Å². The summed E-state index contributed by atoms with van der Waals surface area (Å²) in [5.74, 6) is 0.513. The molecule has 0 saturated carbocycles. The lowest BCUT2D eigenvalue weighted by molar-refractivity contribution is -0.917. The van der Waals surface area contributed by atoms with Crippen LogP contribution < -0.4 is 15.0 Å². The van der Waals surface area contributed by atoms with Gasteiger partial charge in [0.1, 0.15) is 12.3 Å². The molecule has 0 aliphatic carbocycles. The van der Waals surface area contributed by atoms with Gasteiger partial charge in [-0.15, -0.1) is 0 Å². The van der Waals surface area contributed by atoms with E-state index in [-0.39, 0.29) is 11.8 Å². The van der Waals surface area contributed by atoms with Crippen molar-refractivity contribution in [2.24, 2.45) is 0 Å². The standard InChI is InChI=1S/C22H27N3O3/c1-17(28-21-10-8-20(9-11-21)23-18(2)26)22(27)25-14-12-24(13-15-25)16-19-6-4-3-5-7-19/h3-11,17H,12-16H2,1-2H3,(H,23,26)/p+1/t17-/m1/s1. The molecule has 6 nitrogen and oxygen atoms in total. The zero-order chi connectivity index (χ0) is 19.9. The number of benzene rings is 2. The summed E-state index contributed by atoms with van der Waals surface area (Å²) in [5.41, 5.74) is 2.04. The lowest BCUT2D eigenvalue weighted by atomic mass is 10.2. The number of nitrogens with one attached hydrogen (secondary N) is 2. The Labute approximate surface area is 166 Å². The Morgan fingerprint density at radius 3 is 2.32 bits per heavy atom. The number of hydrogen-bond donors (Lipinski definition) is 2. The van der Waals surface area contributed by atoms with Gasteiger partial charge in [0.15, 0.2) is 6.10 Å². The second-order valence-electron chi connectivity index (χ2n) is 7.20. The van der Waals surface area contributed by atoms with Crippen molar-refractivity contribution >= 4 is 17.5 Å². The molecule has 2 aromatic carbocycles. The van der Waals surface area contributed by atoms with Gasteiger partial charge >= 0.3 is 0 Å². The van der Waals surface area contributed by atoms with Gasteiger partial charge in [0.05, 0.1) is 26.2 Å². The van der Waals surface area contributed by atoms with E-state index in [0.717, 1.165) is 32.7 Å². The molecule has 0 spiro atoms. The van der Waals surface area contributed by atoms with E-state index >= 15 is 0 Å². The van der Waals surface area contributed by atoms with Crippen LogP contribution in [0.4, 0.5) is 5.69 Å². The van der Waals surface area contributed by atoms with Crippen LogP contribution in [0.3, 0.4) is 0 Å². The molecule has 0 aromatic heterocycles. The summed E-state index contributed by atoms with van der Waals surface area (Å²) >= 11 is 0. The lowest BCUT2D eigenvalue weighted by Gasteiger charge is -2.33. The monoisotopic (exact) mass is 382 g/mol. The van der Waals surface area contributed by atoms with Gasteiger partial charge in [0.2, 0.25) is 5.91 Å². The minimum Gasteiger partial charge on any atom is -0.481 e. The molecule has 3 rings (SSSR count). The zero-order valence-electron chi connectivity index (χ0n) is 16.5. The Bertz CT molecular complexity index is 784. The minimum atomic E-state index is -0.540. The molecule has 1 saturated heterocycles. The van der Waals surface area contributed by atoms with Gasteiger partial charge in [-0.1, -0.05) is 30.3 Å². The molecule has 2 N–H and O–H groups in total. The average Bonchev–Trinajstić information content (AvgIpc) is 2.70. The van der Waals surface area contributed by atoms with Crippen LogP contribution >= 0.6 is 0 Å². The van der Waals surface area contributed by atoms with Crippen molar-refractivity contribution in [1.82, 2.24) is 4.90 Å². The van der Waals surface area contributed by atoms with Gasteiger partial charge in [-0.05, 0) is 31.2 Å². The van der Waals surface area contributed by atoms with Crippen LogP contribution in [0.1, 0.15) is 19.4 Å². The van der Waals surface area contributed by atoms with Gasteiger partial charge in [0, 0.05) is 18.2 Å². The first kappa shape index (κ1) is 19.9. The second kappa shape index (κ2) is 9.37. The van der Waals surface area contributed by atoms with Gasteiger partial charge in [-0.3, -0.25) is 9.59 Å². The maximum atomic E-state index is 12.7. The fraction of sp³-hybridized carbons (Fsp3) is 0.364. The maximum Gasteiger partial charge on any atom is 0.263 e. The molecule has 6 heteroatoms. The molecular weight excluding hydrogens is 354 g/mol. The highest BCUT2D eigenvalue weighted by atomic mass is 16.5. The number of nitrogens with zero attached hydrogens (tertiary/aromatic N) is 1. The van der Waals surface area contributed by atoms with Gasteiger partial charge in [-0.25, -0.2) is 0 Å². The summed E-state index contributed by atoms with van der Waals surface area (Å²) in [5, 5.41) is 2.71. The first-order valence-corrected chi connectivity index (χ1v) is 9.72. The first-order valence-electron chi connectivity index (χ1n) is 9.72. The Kier molecular flexibility index (Phi) is 6.66. The molecule has 0 bridgehead atoms. The molecule has 1 atom stereocenters. The van der Waals surface area contributed by atoms with E-state index in [2.05, 4.69) is 29.6 Å². The highest BCUT2D eigenvalue weighted by molar-refractivity contribution is 5.88. The summed E-state index contributed by atoms with van der Waals surface area (Å²) in [6, 6.07) is 17.5. The number of hydrogen-bond acceptors (Lipinski definition) is 3. The van der Waals surface area contributed by atoms with Crippen molar-refractivity contribution in [2.75, 3.05) is 31.5 Å². The van der Waals surface area contributed by atoms with Gasteiger partial charge in [0.25, 0.3) is 5.91 Å². The lowest BCUT2D eigenvalue weighted by Crippen LogP contribution is -3.13. The van der Waals surface area contributed by atoms with E-state index in [1.807, 2.05) is 11.0 Å². The van der Waals surface area contributed by atoms with Crippen LogP contribution in [0.5, 0.6) is 5.75 Å². The third-order valence-electron chi connectivity index (χ3n) is 4.91. The number of anilines is 1. The average molecular weight is 382 g/mol. The van der Waals surface area contributed by atoms with Crippen LogP contribution in [0, 0.1) is 0 Å². The minimum absolute atomic E-state index is 0.0182. The highest BCUT2D eigenvalue weighted by Crippen LogP contribution is 2.17. The predicted octanol–water partition coefficient (Wildman–Crippen LogP) is 1.34. The number of amides is 2. The molecule has 2 aromatic rings. The Balaban J connectivity index is 1.47. The number of carbonyl (C=O) groups is 2. The van der Waals surface area contributed by atoms with Crippen LogP contribution in [0.25, 0.3) is 0 Å². The van der Waals surface area contributed by atoms with Gasteiger partial charge in [-0.2, -0.15) is 0 Å². The summed E-state index contributed by atoms with van der Waals surface area (Å²) in [4.78, 5) is 27.2. The highest BCUT2D eigenvalue weighted by Gasteiger charge is 2.27.